The first-order valence-corrected chi connectivity index (χ1v) is 7.85. The van der Waals surface area contributed by atoms with Crippen LogP contribution in [-0.4, -0.2) is 30.6 Å². The van der Waals surface area contributed by atoms with Crippen LogP contribution < -0.4 is 5.32 Å². The quantitative estimate of drug-likeness (QED) is 0.885. The summed E-state index contributed by atoms with van der Waals surface area (Å²) in [6.45, 7) is 6.45. The van der Waals surface area contributed by atoms with Gasteiger partial charge in [0.15, 0.2) is 0 Å². The van der Waals surface area contributed by atoms with Gasteiger partial charge in [-0.25, -0.2) is 0 Å². The number of hydrogen-bond acceptors (Lipinski definition) is 2. The second kappa shape index (κ2) is 7.49. The van der Waals surface area contributed by atoms with Crippen molar-refractivity contribution >= 4 is 23.2 Å². The Balaban J connectivity index is 2.08. The lowest BCUT2D eigenvalue weighted by atomic mass is 10.0. The zero-order chi connectivity index (χ0) is 13.7. The molecule has 106 valence electrons. The molecule has 0 saturated carbocycles. The van der Waals surface area contributed by atoms with Gasteiger partial charge in [0.25, 0.3) is 0 Å². The lowest BCUT2D eigenvalue weighted by Gasteiger charge is -2.34. The third-order valence-electron chi connectivity index (χ3n) is 3.70. The van der Waals surface area contributed by atoms with Crippen LogP contribution in [0.15, 0.2) is 18.2 Å². The van der Waals surface area contributed by atoms with Crippen molar-refractivity contribution in [3.8, 4) is 0 Å². The van der Waals surface area contributed by atoms with Crippen molar-refractivity contribution in [1.82, 2.24) is 10.2 Å². The van der Waals surface area contributed by atoms with Gasteiger partial charge in [0, 0.05) is 19.1 Å². The van der Waals surface area contributed by atoms with E-state index < -0.39 is 0 Å². The minimum atomic E-state index is 0.615. The second-order valence-corrected chi connectivity index (χ2v) is 5.97. The molecule has 19 heavy (non-hydrogen) atoms. The number of halogens is 2. The van der Waals surface area contributed by atoms with E-state index in [9.17, 15) is 0 Å². The standard InChI is InChI=1S/C15H22Cl2N2/c1-2-9-19(13-6-4-8-18-10-13)11-12-5-3-7-14(16)15(12)17/h3,5,7,13,18H,2,4,6,8-11H2,1H3. The van der Waals surface area contributed by atoms with Gasteiger partial charge < -0.3 is 5.32 Å². The maximum absolute atomic E-state index is 6.30. The van der Waals surface area contributed by atoms with Crippen molar-refractivity contribution in [2.24, 2.45) is 0 Å². The zero-order valence-corrected chi connectivity index (χ0v) is 13.0. The molecular formula is C15H22Cl2N2. The fourth-order valence-electron chi connectivity index (χ4n) is 2.71. The van der Waals surface area contributed by atoms with Gasteiger partial charge in [0.1, 0.15) is 0 Å². The van der Waals surface area contributed by atoms with E-state index in [0.717, 1.165) is 38.2 Å². The van der Waals surface area contributed by atoms with E-state index in [4.69, 9.17) is 23.2 Å². The van der Waals surface area contributed by atoms with Crippen LogP contribution in [0.25, 0.3) is 0 Å². The molecule has 1 saturated heterocycles. The Labute approximate surface area is 126 Å². The van der Waals surface area contributed by atoms with Gasteiger partial charge in [-0.05, 0) is 44.0 Å². The van der Waals surface area contributed by atoms with Crippen LogP contribution >= 0.6 is 23.2 Å². The number of rotatable bonds is 5. The van der Waals surface area contributed by atoms with Crippen LogP contribution in [0.2, 0.25) is 10.0 Å². The maximum Gasteiger partial charge on any atom is 0.0637 e. The molecule has 0 aromatic heterocycles. The summed E-state index contributed by atoms with van der Waals surface area (Å²) in [5, 5.41) is 4.84. The van der Waals surface area contributed by atoms with Crippen LogP contribution in [0.1, 0.15) is 31.7 Å². The first-order chi connectivity index (χ1) is 9.22. The number of nitrogens with zero attached hydrogens (tertiary/aromatic N) is 1. The summed E-state index contributed by atoms with van der Waals surface area (Å²) in [5.41, 5.74) is 1.13. The highest BCUT2D eigenvalue weighted by atomic mass is 35.5. The molecular weight excluding hydrogens is 279 g/mol. The molecule has 1 aliphatic heterocycles. The maximum atomic E-state index is 6.30. The van der Waals surface area contributed by atoms with Gasteiger partial charge in [-0.1, -0.05) is 42.3 Å². The molecule has 1 N–H and O–H groups in total. The van der Waals surface area contributed by atoms with E-state index in [2.05, 4.69) is 23.2 Å². The van der Waals surface area contributed by atoms with Gasteiger partial charge in [-0.3, -0.25) is 4.90 Å². The predicted octanol–water partition coefficient (Wildman–Crippen LogP) is 3.96. The molecule has 1 aliphatic rings. The summed E-state index contributed by atoms with van der Waals surface area (Å²) in [5.74, 6) is 0. The monoisotopic (exact) mass is 300 g/mol. The molecule has 0 amide bonds. The van der Waals surface area contributed by atoms with Crippen molar-refractivity contribution in [2.45, 2.75) is 38.8 Å². The predicted molar refractivity (Wildman–Crippen MR) is 83.1 cm³/mol. The fourth-order valence-corrected chi connectivity index (χ4v) is 3.09. The first-order valence-electron chi connectivity index (χ1n) is 7.10. The Morgan fingerprint density at radius 3 is 2.89 bits per heavy atom. The van der Waals surface area contributed by atoms with Gasteiger partial charge in [-0.15, -0.1) is 0 Å². The molecule has 1 heterocycles. The molecule has 1 atom stereocenters. The van der Waals surface area contributed by atoms with E-state index in [0.29, 0.717) is 16.1 Å². The normalized spacial score (nSPS) is 19.9. The largest absolute Gasteiger partial charge is 0.315 e. The summed E-state index contributed by atoms with van der Waals surface area (Å²) in [7, 11) is 0. The smallest absolute Gasteiger partial charge is 0.0637 e. The molecule has 4 heteroatoms. The molecule has 0 spiro atoms. The molecule has 1 unspecified atom stereocenters. The highest BCUT2D eigenvalue weighted by Gasteiger charge is 2.21. The molecule has 1 fully saturated rings. The lowest BCUT2D eigenvalue weighted by molar-refractivity contribution is 0.158. The minimum Gasteiger partial charge on any atom is -0.315 e. The highest BCUT2D eigenvalue weighted by Crippen LogP contribution is 2.27. The molecule has 1 aromatic carbocycles. The third kappa shape index (κ3) is 4.09. The van der Waals surface area contributed by atoms with E-state index >= 15 is 0 Å². The Bertz CT molecular complexity index is 403. The molecule has 0 radical (unpaired) electrons. The van der Waals surface area contributed by atoms with Crippen molar-refractivity contribution in [2.75, 3.05) is 19.6 Å². The molecule has 2 nitrogen and oxygen atoms in total. The summed E-state index contributed by atoms with van der Waals surface area (Å²) < 4.78 is 0. The van der Waals surface area contributed by atoms with Crippen LogP contribution in [0.3, 0.4) is 0 Å². The van der Waals surface area contributed by atoms with Crippen molar-refractivity contribution in [1.29, 1.82) is 0 Å². The number of hydrogen-bond donors (Lipinski definition) is 1. The zero-order valence-electron chi connectivity index (χ0n) is 11.5. The van der Waals surface area contributed by atoms with E-state index in [1.807, 2.05) is 12.1 Å². The van der Waals surface area contributed by atoms with Gasteiger partial charge >= 0.3 is 0 Å². The van der Waals surface area contributed by atoms with Crippen molar-refractivity contribution in [3.05, 3.63) is 33.8 Å². The third-order valence-corrected chi connectivity index (χ3v) is 4.56. The fraction of sp³-hybridized carbons (Fsp3) is 0.600. The summed E-state index contributed by atoms with van der Waals surface area (Å²) >= 11 is 12.4. The second-order valence-electron chi connectivity index (χ2n) is 5.18. The van der Waals surface area contributed by atoms with Gasteiger partial charge in [0.05, 0.1) is 10.0 Å². The Morgan fingerprint density at radius 2 is 2.21 bits per heavy atom. The van der Waals surface area contributed by atoms with E-state index in [-0.39, 0.29) is 0 Å². The lowest BCUT2D eigenvalue weighted by Crippen LogP contribution is -2.45. The first kappa shape index (κ1) is 15.1. The summed E-state index contributed by atoms with van der Waals surface area (Å²) in [6, 6.07) is 6.52. The van der Waals surface area contributed by atoms with E-state index in [1.54, 1.807) is 0 Å². The van der Waals surface area contributed by atoms with E-state index in [1.165, 1.54) is 12.8 Å². The molecule has 1 aromatic rings. The van der Waals surface area contributed by atoms with Crippen LogP contribution in [-0.2, 0) is 6.54 Å². The van der Waals surface area contributed by atoms with Crippen LogP contribution in [0.5, 0.6) is 0 Å². The summed E-state index contributed by atoms with van der Waals surface area (Å²) in [4.78, 5) is 2.53. The molecule has 0 bridgehead atoms. The Hall–Kier alpha value is -0.280. The average Bonchev–Trinajstić information content (AvgIpc) is 2.44. The van der Waals surface area contributed by atoms with Crippen LogP contribution in [0.4, 0.5) is 0 Å². The summed E-state index contributed by atoms with van der Waals surface area (Å²) in [6.07, 6.45) is 3.69. The van der Waals surface area contributed by atoms with Crippen LogP contribution in [0, 0.1) is 0 Å². The molecule has 0 aliphatic carbocycles. The highest BCUT2D eigenvalue weighted by molar-refractivity contribution is 6.42. The minimum absolute atomic E-state index is 0.615. The average molecular weight is 301 g/mol. The number of benzene rings is 1. The van der Waals surface area contributed by atoms with Crippen molar-refractivity contribution in [3.63, 3.8) is 0 Å². The Kier molecular flexibility index (Phi) is 5.96. The van der Waals surface area contributed by atoms with Gasteiger partial charge in [0.2, 0.25) is 0 Å². The topological polar surface area (TPSA) is 15.3 Å². The number of piperidine rings is 1. The Morgan fingerprint density at radius 1 is 1.37 bits per heavy atom. The van der Waals surface area contributed by atoms with Crippen molar-refractivity contribution < 1.29 is 0 Å². The van der Waals surface area contributed by atoms with Gasteiger partial charge in [-0.2, -0.15) is 0 Å². The molecule has 2 rings (SSSR count). The SMILES string of the molecule is CCCN(Cc1cccc(Cl)c1Cl)C1CCCNC1. The number of nitrogens with one attached hydrogen (secondary N) is 1.